The first-order chi connectivity index (χ1) is 20.5. The summed E-state index contributed by atoms with van der Waals surface area (Å²) < 4.78 is 97.2. The van der Waals surface area contributed by atoms with Crippen LogP contribution in [0.1, 0.15) is 26.5 Å². The van der Waals surface area contributed by atoms with Gasteiger partial charge in [-0.2, -0.15) is 5.10 Å². The van der Waals surface area contributed by atoms with Gasteiger partial charge in [0.25, 0.3) is 17.8 Å². The third-order valence-electron chi connectivity index (χ3n) is 7.45. The van der Waals surface area contributed by atoms with Gasteiger partial charge in [0.1, 0.15) is 29.5 Å². The van der Waals surface area contributed by atoms with Gasteiger partial charge in [0.2, 0.25) is 11.8 Å². The van der Waals surface area contributed by atoms with Crippen molar-refractivity contribution in [3.05, 3.63) is 35.8 Å². The highest BCUT2D eigenvalue weighted by Crippen LogP contribution is 2.49. The molecular formula is C25H25F5N8O3. The van der Waals surface area contributed by atoms with Gasteiger partial charge < -0.3 is 20.7 Å². The Morgan fingerprint density at radius 3 is 2.66 bits per heavy atom. The normalized spacial score (nSPS) is 26.1. The molecule has 3 aromatic rings. The molecule has 2 saturated heterocycles. The number of halogens is 5. The van der Waals surface area contributed by atoms with Crippen LogP contribution in [0.4, 0.5) is 27.8 Å². The monoisotopic (exact) mass is 583 g/mol. The molecule has 0 radical (unpaired) electrons. The van der Waals surface area contributed by atoms with E-state index in [1.165, 1.54) is 21.7 Å². The number of hydrogen-bond acceptors (Lipinski definition) is 8. The summed E-state index contributed by atoms with van der Waals surface area (Å²) in [6, 6.07) is 1.53. The van der Waals surface area contributed by atoms with Crippen LogP contribution in [0, 0.1) is 5.92 Å². The van der Waals surface area contributed by atoms with Crippen LogP contribution in [0.25, 0.3) is 16.8 Å². The Bertz CT molecular complexity index is 1650. The Balaban J connectivity index is 1.30. The quantitative estimate of drug-likeness (QED) is 0.403. The molecule has 0 bridgehead atoms. The number of nitrogens with two attached hydrogens (primary N) is 1. The van der Waals surface area contributed by atoms with Gasteiger partial charge >= 0.3 is 0 Å². The maximum Gasteiger partial charge on any atom is 0.272 e. The zero-order valence-electron chi connectivity index (χ0n) is 24.2. The summed E-state index contributed by atoms with van der Waals surface area (Å²) in [5.41, 5.74) is 6.99. The van der Waals surface area contributed by atoms with E-state index in [2.05, 4.69) is 20.4 Å². The standard InChI is InChI=1S/C25H25F5N8O3/c1-41-22-14(21(39)35-17-8-37(7-16(17)26)23(40)15-4-25(15,29)30)2-12(5-32-22)18-3-13(6-36-9-24(27,28)10-36)19-20(31)33-11-34-38(18)19/h2-3,5,11,15-17H,4,6-10H2,1H3,(H,35,39)(H2,31,33,34)/t15?,16-,17+/m0/s1/i1D3. The third-order valence-corrected chi connectivity index (χ3v) is 7.45. The number of aromatic nitrogens is 4. The molecule has 1 unspecified atom stereocenters. The fraction of sp³-hybridized carbons (Fsp3) is 0.480. The van der Waals surface area contributed by atoms with E-state index in [1.54, 1.807) is 6.07 Å². The molecule has 11 nitrogen and oxygen atoms in total. The number of nitrogens with one attached hydrogen (secondary N) is 1. The second kappa shape index (κ2) is 9.49. The zero-order chi connectivity index (χ0) is 31.8. The molecule has 41 heavy (non-hydrogen) atoms. The van der Waals surface area contributed by atoms with Crippen LogP contribution in [-0.4, -0.2) is 98.5 Å². The Morgan fingerprint density at radius 2 is 1.98 bits per heavy atom. The van der Waals surface area contributed by atoms with Crippen LogP contribution in [0.2, 0.25) is 0 Å². The Kier molecular flexibility index (Phi) is 5.47. The number of amides is 2. The second-order valence-electron chi connectivity index (χ2n) is 10.5. The van der Waals surface area contributed by atoms with E-state index < -0.39 is 86.3 Å². The van der Waals surface area contributed by atoms with Gasteiger partial charge in [-0.1, -0.05) is 0 Å². The zero-order valence-corrected chi connectivity index (χ0v) is 21.2. The number of hydrogen-bond donors (Lipinski definition) is 2. The number of nitrogens with zero attached hydrogens (tertiary/aromatic N) is 6. The van der Waals surface area contributed by atoms with Crippen molar-refractivity contribution in [3.63, 3.8) is 0 Å². The van der Waals surface area contributed by atoms with Crippen LogP contribution < -0.4 is 15.8 Å². The third kappa shape index (κ3) is 4.89. The van der Waals surface area contributed by atoms with Crippen molar-refractivity contribution in [1.82, 2.24) is 34.7 Å². The fourth-order valence-corrected chi connectivity index (χ4v) is 5.30. The summed E-state index contributed by atoms with van der Waals surface area (Å²) in [6.07, 6.45) is -0.0541. The highest BCUT2D eigenvalue weighted by atomic mass is 19.3. The molecule has 3 fully saturated rings. The summed E-state index contributed by atoms with van der Waals surface area (Å²) in [5.74, 6) is -9.95. The minimum atomic E-state index is -3.14. The molecule has 0 aromatic carbocycles. The lowest BCUT2D eigenvalue weighted by Gasteiger charge is -2.38. The molecule has 16 heteroatoms. The van der Waals surface area contributed by atoms with Gasteiger partial charge in [0.05, 0.1) is 42.5 Å². The van der Waals surface area contributed by atoms with E-state index in [0.29, 0.717) is 16.8 Å². The summed E-state index contributed by atoms with van der Waals surface area (Å²) in [6.45, 7) is -1.71. The molecule has 3 aromatic heterocycles. The van der Waals surface area contributed by atoms with Crippen molar-refractivity contribution < 1.29 is 40.4 Å². The summed E-state index contributed by atoms with van der Waals surface area (Å²) in [4.78, 5) is 36.1. The van der Waals surface area contributed by atoms with E-state index in [9.17, 15) is 31.5 Å². The van der Waals surface area contributed by atoms with Gasteiger partial charge in [0.15, 0.2) is 5.82 Å². The lowest BCUT2D eigenvalue weighted by molar-refractivity contribution is -0.134. The van der Waals surface area contributed by atoms with E-state index in [0.717, 1.165) is 11.2 Å². The van der Waals surface area contributed by atoms with Gasteiger partial charge in [0, 0.05) is 31.3 Å². The predicted molar refractivity (Wildman–Crippen MR) is 133 cm³/mol. The number of pyridine rings is 1. The Hall–Kier alpha value is -4.08. The van der Waals surface area contributed by atoms with Crippen molar-refractivity contribution in [3.8, 4) is 17.1 Å². The highest BCUT2D eigenvalue weighted by molar-refractivity contribution is 5.98. The van der Waals surface area contributed by atoms with E-state index in [-0.39, 0.29) is 24.5 Å². The lowest BCUT2D eigenvalue weighted by atomic mass is 10.1. The molecule has 5 heterocycles. The number of fused-ring (bicyclic) bond motifs is 1. The van der Waals surface area contributed by atoms with E-state index >= 15 is 0 Å². The number of likely N-dealkylation sites (tertiary alicyclic amines) is 2. The first-order valence-corrected chi connectivity index (χ1v) is 12.5. The van der Waals surface area contributed by atoms with Crippen LogP contribution >= 0.6 is 0 Å². The molecule has 3 atom stereocenters. The van der Waals surface area contributed by atoms with Crippen molar-refractivity contribution in [1.29, 1.82) is 0 Å². The van der Waals surface area contributed by atoms with Crippen molar-refractivity contribution in [2.24, 2.45) is 5.92 Å². The molecule has 2 amide bonds. The van der Waals surface area contributed by atoms with Crippen LogP contribution in [0.5, 0.6) is 5.88 Å². The molecule has 2 aliphatic heterocycles. The number of carbonyl (C=O) groups excluding carboxylic acids is 2. The number of methoxy groups -OCH3 is 1. The minimum absolute atomic E-state index is 0.0556. The molecule has 1 saturated carbocycles. The maximum atomic E-state index is 14.9. The molecule has 3 aliphatic rings. The highest BCUT2D eigenvalue weighted by Gasteiger charge is 2.63. The van der Waals surface area contributed by atoms with Gasteiger partial charge in [-0.25, -0.2) is 36.4 Å². The smallest absolute Gasteiger partial charge is 0.272 e. The second-order valence-corrected chi connectivity index (χ2v) is 10.5. The Morgan fingerprint density at radius 1 is 1.22 bits per heavy atom. The van der Waals surface area contributed by atoms with Crippen LogP contribution in [0.15, 0.2) is 24.7 Å². The van der Waals surface area contributed by atoms with E-state index in [4.69, 9.17) is 14.6 Å². The van der Waals surface area contributed by atoms with Crippen molar-refractivity contribution in [2.75, 3.05) is 39.0 Å². The van der Waals surface area contributed by atoms with Crippen molar-refractivity contribution >= 4 is 23.1 Å². The fourth-order valence-electron chi connectivity index (χ4n) is 5.30. The minimum Gasteiger partial charge on any atom is -0.480 e. The predicted octanol–water partition coefficient (Wildman–Crippen LogP) is 1.77. The number of ether oxygens (including phenoxy) is 1. The van der Waals surface area contributed by atoms with Gasteiger partial charge in [-0.3, -0.25) is 14.5 Å². The summed E-state index contributed by atoms with van der Waals surface area (Å²) in [7, 11) is -3.02. The average molecular weight is 584 g/mol. The first-order valence-electron chi connectivity index (χ1n) is 14.0. The van der Waals surface area contributed by atoms with Crippen LogP contribution in [-0.2, 0) is 11.3 Å². The SMILES string of the molecule is [2H]C([2H])([2H])Oc1ncc(-c2cc(CN3CC(F)(F)C3)c3c(N)ncnn23)cc1C(=O)N[C@@H]1CN(C(=O)C2CC2(F)F)C[C@@H]1F. The Labute approximate surface area is 233 Å². The molecular weight excluding hydrogens is 555 g/mol. The molecule has 0 spiro atoms. The number of rotatable bonds is 7. The molecule has 1 aliphatic carbocycles. The van der Waals surface area contributed by atoms with Gasteiger partial charge in [-0.05, 0) is 17.7 Å². The number of alkyl halides is 5. The van der Waals surface area contributed by atoms with Gasteiger partial charge in [-0.15, -0.1) is 0 Å². The first kappa shape index (κ1) is 23.6. The summed E-state index contributed by atoms with van der Waals surface area (Å²) in [5, 5.41) is 6.58. The topological polar surface area (TPSA) is 131 Å². The van der Waals surface area contributed by atoms with Crippen LogP contribution in [0.3, 0.4) is 0 Å². The lowest BCUT2D eigenvalue weighted by Crippen LogP contribution is -2.55. The summed E-state index contributed by atoms with van der Waals surface area (Å²) >= 11 is 0. The van der Waals surface area contributed by atoms with E-state index in [1.807, 2.05) is 0 Å². The molecule has 6 rings (SSSR count). The maximum absolute atomic E-state index is 14.9. The number of anilines is 1. The number of nitrogen functional groups attached to an aromatic ring is 1. The molecule has 218 valence electrons. The number of carbonyl (C=O) groups is 2. The average Bonchev–Trinajstić information content (AvgIpc) is 3.20. The molecule has 3 N–H and O–H groups in total. The largest absolute Gasteiger partial charge is 0.480 e. The van der Waals surface area contributed by atoms with Crippen molar-refractivity contribution in [2.45, 2.75) is 37.0 Å².